The van der Waals surface area contributed by atoms with Crippen molar-refractivity contribution in [2.24, 2.45) is 0 Å². The van der Waals surface area contributed by atoms with E-state index in [-0.39, 0.29) is 5.78 Å². The molecule has 0 saturated carbocycles. The number of ketones is 1. The second kappa shape index (κ2) is 4.98. The maximum atomic E-state index is 11.8. The predicted octanol–water partition coefficient (Wildman–Crippen LogP) is 1.76. The molecule has 4 rings (SSSR count). The molecule has 0 atom stereocenters. The minimum atomic E-state index is -0.0564. The van der Waals surface area contributed by atoms with Crippen LogP contribution in [-0.2, 0) is 0 Å². The van der Waals surface area contributed by atoms with Crippen molar-refractivity contribution in [3.63, 3.8) is 0 Å². The lowest BCUT2D eigenvalue weighted by Gasteiger charge is -2.30. The Hall–Kier alpha value is -1.55. The number of hydrogen-bond acceptors (Lipinski definition) is 4. The van der Waals surface area contributed by atoms with Crippen LogP contribution in [0.25, 0.3) is 0 Å². The largest absolute Gasteiger partial charge is 0.461 e. The Morgan fingerprint density at radius 2 is 2.11 bits per heavy atom. The van der Waals surface area contributed by atoms with Gasteiger partial charge in [-0.2, -0.15) is 0 Å². The Morgan fingerprint density at radius 1 is 1.28 bits per heavy atom. The Labute approximate surface area is 107 Å². The van der Waals surface area contributed by atoms with E-state index in [1.54, 1.807) is 18.2 Å². The number of rotatable bonds is 3. The van der Waals surface area contributed by atoms with E-state index in [1.165, 1.54) is 32.2 Å². The molecule has 0 aromatic carbocycles. The molecule has 4 heterocycles. The first-order chi connectivity index (χ1) is 8.83. The summed E-state index contributed by atoms with van der Waals surface area (Å²) in [5.74, 6) is 0.355. The van der Waals surface area contributed by atoms with Gasteiger partial charge in [0, 0.05) is 44.5 Å². The first-order valence-corrected chi connectivity index (χ1v) is 6.57. The van der Waals surface area contributed by atoms with Crippen molar-refractivity contribution in [3.8, 4) is 0 Å². The van der Waals surface area contributed by atoms with Crippen molar-refractivity contribution in [2.75, 3.05) is 26.2 Å². The number of fused-ring (bicyclic) bond motifs is 4. The Balaban J connectivity index is 1.66. The van der Waals surface area contributed by atoms with Crippen molar-refractivity contribution in [1.29, 1.82) is 0 Å². The molecule has 3 aliphatic rings. The van der Waals surface area contributed by atoms with E-state index in [0.717, 1.165) is 13.1 Å². The normalized spacial score (nSPS) is 27.7. The molecular weight excluding hydrogens is 228 g/mol. The lowest BCUT2D eigenvalue weighted by atomic mass is 10.1. The van der Waals surface area contributed by atoms with Crippen LogP contribution in [0.2, 0.25) is 0 Å². The number of hydrogen-bond donors (Lipinski definition) is 0. The fourth-order valence-electron chi connectivity index (χ4n) is 2.77. The van der Waals surface area contributed by atoms with Crippen LogP contribution < -0.4 is 0 Å². The highest BCUT2D eigenvalue weighted by Gasteiger charge is 2.27. The molecule has 1 aromatic rings. The second-order valence-electron chi connectivity index (χ2n) is 4.97. The van der Waals surface area contributed by atoms with Crippen molar-refractivity contribution in [2.45, 2.75) is 18.9 Å². The van der Waals surface area contributed by atoms with Crippen LogP contribution >= 0.6 is 0 Å². The first-order valence-electron chi connectivity index (χ1n) is 6.57. The molecule has 0 radical (unpaired) electrons. The van der Waals surface area contributed by atoms with E-state index < -0.39 is 0 Å². The number of carbonyl (C=O) groups excluding carboxylic acids is 1. The lowest BCUT2D eigenvalue weighted by Crippen LogP contribution is -2.35. The molecule has 3 saturated heterocycles. The quantitative estimate of drug-likeness (QED) is 0.601. The van der Waals surface area contributed by atoms with Gasteiger partial charge >= 0.3 is 0 Å². The van der Waals surface area contributed by atoms with Gasteiger partial charge in [-0.3, -0.25) is 4.79 Å². The summed E-state index contributed by atoms with van der Waals surface area (Å²) in [6, 6.07) is 4.04. The molecule has 4 nitrogen and oxygen atoms in total. The van der Waals surface area contributed by atoms with Crippen LogP contribution in [0.5, 0.6) is 0 Å². The predicted molar refractivity (Wildman–Crippen MR) is 68.3 cm³/mol. The third-order valence-corrected chi connectivity index (χ3v) is 3.88. The zero-order valence-electron chi connectivity index (χ0n) is 10.4. The fraction of sp³-hybridized carbons (Fsp3) is 0.500. The van der Waals surface area contributed by atoms with Gasteiger partial charge in [0.2, 0.25) is 5.78 Å². The van der Waals surface area contributed by atoms with Gasteiger partial charge < -0.3 is 14.2 Å². The number of nitrogens with zero attached hydrogens (tertiary/aromatic N) is 2. The van der Waals surface area contributed by atoms with E-state index in [4.69, 9.17) is 4.42 Å². The van der Waals surface area contributed by atoms with Crippen LogP contribution in [0.1, 0.15) is 23.4 Å². The number of furan rings is 1. The third kappa shape index (κ3) is 2.34. The number of piperidine rings is 1. The average Bonchev–Trinajstić information content (AvgIpc) is 2.80. The molecule has 0 unspecified atom stereocenters. The molecule has 2 bridgehead atoms. The molecule has 3 aliphatic heterocycles. The van der Waals surface area contributed by atoms with E-state index in [1.807, 2.05) is 6.20 Å². The Bertz CT molecular complexity index is 431. The van der Waals surface area contributed by atoms with Gasteiger partial charge in [-0.05, 0) is 25.0 Å². The molecular formula is C14H18N2O2. The summed E-state index contributed by atoms with van der Waals surface area (Å²) >= 11 is 0. The standard InChI is InChI=1S/C14H18N2O2/c17-13(14-2-1-11-18-14)5-8-16-10-9-15-6-3-12(16)4-7-15/h1-2,5,8,11-12H,3-4,6-7,9-10H2. The van der Waals surface area contributed by atoms with Gasteiger partial charge in [-0.25, -0.2) is 0 Å². The van der Waals surface area contributed by atoms with E-state index in [9.17, 15) is 4.79 Å². The molecule has 1 aromatic heterocycles. The highest BCUT2D eigenvalue weighted by atomic mass is 16.3. The highest BCUT2D eigenvalue weighted by molar-refractivity contribution is 6.02. The molecule has 0 amide bonds. The molecule has 18 heavy (non-hydrogen) atoms. The van der Waals surface area contributed by atoms with Crippen molar-refractivity contribution in [1.82, 2.24) is 9.80 Å². The van der Waals surface area contributed by atoms with Gasteiger partial charge in [0.15, 0.2) is 5.76 Å². The lowest BCUT2D eigenvalue weighted by molar-refractivity contribution is 0.101. The van der Waals surface area contributed by atoms with Crippen LogP contribution in [0.4, 0.5) is 0 Å². The smallest absolute Gasteiger partial charge is 0.222 e. The molecule has 0 aliphatic carbocycles. The zero-order valence-corrected chi connectivity index (χ0v) is 10.4. The fourth-order valence-corrected chi connectivity index (χ4v) is 2.77. The van der Waals surface area contributed by atoms with Gasteiger partial charge in [-0.1, -0.05) is 0 Å². The van der Waals surface area contributed by atoms with Gasteiger partial charge in [-0.15, -0.1) is 0 Å². The third-order valence-electron chi connectivity index (χ3n) is 3.88. The SMILES string of the molecule is O=C(C=CN1CCN2CCC1CC2)c1ccco1. The minimum absolute atomic E-state index is 0.0564. The average molecular weight is 246 g/mol. The Morgan fingerprint density at radius 3 is 2.83 bits per heavy atom. The second-order valence-corrected chi connectivity index (χ2v) is 4.97. The summed E-state index contributed by atoms with van der Waals surface area (Å²) in [6.07, 6.45) is 7.53. The summed E-state index contributed by atoms with van der Waals surface area (Å²) in [5.41, 5.74) is 0. The van der Waals surface area contributed by atoms with Crippen LogP contribution in [0, 0.1) is 0 Å². The summed E-state index contributed by atoms with van der Waals surface area (Å²) in [5, 5.41) is 0. The van der Waals surface area contributed by atoms with Crippen molar-refractivity contribution >= 4 is 5.78 Å². The van der Waals surface area contributed by atoms with E-state index in [0.29, 0.717) is 11.8 Å². The summed E-state index contributed by atoms with van der Waals surface area (Å²) in [4.78, 5) is 16.6. The number of allylic oxidation sites excluding steroid dienone is 1. The molecule has 4 heteroatoms. The minimum Gasteiger partial charge on any atom is -0.461 e. The van der Waals surface area contributed by atoms with Crippen molar-refractivity contribution in [3.05, 3.63) is 36.4 Å². The summed E-state index contributed by atoms with van der Waals surface area (Å²) in [7, 11) is 0. The van der Waals surface area contributed by atoms with Gasteiger partial charge in [0.1, 0.15) is 0 Å². The van der Waals surface area contributed by atoms with E-state index >= 15 is 0 Å². The topological polar surface area (TPSA) is 36.7 Å². The first kappa shape index (κ1) is 11.5. The maximum Gasteiger partial charge on any atom is 0.222 e. The molecule has 0 N–H and O–H groups in total. The maximum absolute atomic E-state index is 11.8. The molecule has 96 valence electrons. The molecule has 0 spiro atoms. The van der Waals surface area contributed by atoms with Crippen molar-refractivity contribution < 1.29 is 9.21 Å². The summed E-state index contributed by atoms with van der Waals surface area (Å²) in [6.45, 7) is 4.52. The molecule has 3 fully saturated rings. The van der Waals surface area contributed by atoms with Gasteiger partial charge in [0.05, 0.1) is 6.26 Å². The van der Waals surface area contributed by atoms with Gasteiger partial charge in [0.25, 0.3) is 0 Å². The van der Waals surface area contributed by atoms with E-state index in [2.05, 4.69) is 9.80 Å². The summed E-state index contributed by atoms with van der Waals surface area (Å²) < 4.78 is 5.09. The van der Waals surface area contributed by atoms with Crippen LogP contribution in [0.3, 0.4) is 0 Å². The number of carbonyl (C=O) groups is 1. The Kier molecular flexibility index (Phi) is 3.19. The van der Waals surface area contributed by atoms with Crippen LogP contribution in [-0.4, -0.2) is 47.8 Å². The zero-order chi connectivity index (χ0) is 12.4. The van der Waals surface area contributed by atoms with Crippen LogP contribution in [0.15, 0.2) is 35.1 Å². The highest BCUT2D eigenvalue weighted by Crippen LogP contribution is 2.20. The monoisotopic (exact) mass is 246 g/mol.